The molecule has 16 heavy (non-hydrogen) atoms. The molecular formula is C12H19NO3. The Morgan fingerprint density at radius 1 is 1.44 bits per heavy atom. The van der Waals surface area contributed by atoms with Crippen molar-refractivity contribution in [2.75, 3.05) is 6.61 Å². The number of carbonyl (C=O) groups is 1. The molecule has 3 atom stereocenters. The van der Waals surface area contributed by atoms with Gasteiger partial charge in [0.1, 0.15) is 11.8 Å². The molecule has 0 radical (unpaired) electrons. The molecule has 2 bridgehead atoms. The van der Waals surface area contributed by atoms with Gasteiger partial charge in [0.15, 0.2) is 0 Å². The van der Waals surface area contributed by atoms with Crippen LogP contribution in [-0.2, 0) is 9.47 Å². The van der Waals surface area contributed by atoms with Crippen LogP contribution in [-0.4, -0.2) is 35.5 Å². The molecule has 0 N–H and O–H groups in total. The third-order valence-electron chi connectivity index (χ3n) is 3.96. The van der Waals surface area contributed by atoms with Crippen LogP contribution in [0.25, 0.3) is 0 Å². The van der Waals surface area contributed by atoms with Gasteiger partial charge in [-0.25, -0.2) is 4.79 Å². The lowest BCUT2D eigenvalue weighted by atomic mass is 9.94. The number of hydrogen-bond donors (Lipinski definition) is 0. The third-order valence-corrected chi connectivity index (χ3v) is 3.96. The van der Waals surface area contributed by atoms with Gasteiger partial charge in [-0.3, -0.25) is 4.90 Å². The molecule has 2 saturated heterocycles. The Morgan fingerprint density at radius 3 is 2.81 bits per heavy atom. The molecule has 90 valence electrons. The molecule has 3 rings (SSSR count). The maximum Gasteiger partial charge on any atom is 0.412 e. The van der Waals surface area contributed by atoms with Crippen molar-refractivity contribution < 1.29 is 14.3 Å². The first-order valence-corrected chi connectivity index (χ1v) is 6.20. The van der Waals surface area contributed by atoms with E-state index < -0.39 is 0 Å². The highest BCUT2D eigenvalue weighted by atomic mass is 16.6. The quantitative estimate of drug-likeness (QED) is 0.686. The van der Waals surface area contributed by atoms with E-state index in [1.54, 1.807) is 0 Å². The number of rotatable bonds is 1. The molecule has 0 aromatic rings. The van der Waals surface area contributed by atoms with Crippen LogP contribution in [0.15, 0.2) is 0 Å². The smallest absolute Gasteiger partial charge is 0.412 e. The van der Waals surface area contributed by atoms with Crippen molar-refractivity contribution in [3.8, 4) is 0 Å². The van der Waals surface area contributed by atoms with E-state index >= 15 is 0 Å². The van der Waals surface area contributed by atoms with E-state index in [-0.39, 0.29) is 24.0 Å². The highest BCUT2D eigenvalue weighted by molar-refractivity contribution is 5.69. The second-order valence-corrected chi connectivity index (χ2v) is 5.74. The minimum absolute atomic E-state index is 0.0383. The van der Waals surface area contributed by atoms with Crippen LogP contribution in [0.3, 0.4) is 0 Å². The maximum atomic E-state index is 12.0. The molecular weight excluding hydrogens is 206 g/mol. The van der Waals surface area contributed by atoms with E-state index in [0.29, 0.717) is 12.5 Å². The molecule has 2 aliphatic heterocycles. The van der Waals surface area contributed by atoms with E-state index in [9.17, 15) is 4.79 Å². The Kier molecular flexibility index (Phi) is 2.18. The number of nitrogens with zero attached hydrogens (tertiary/aromatic N) is 1. The molecule has 1 saturated carbocycles. The van der Waals surface area contributed by atoms with Gasteiger partial charge in [-0.15, -0.1) is 0 Å². The molecule has 4 nitrogen and oxygen atoms in total. The van der Waals surface area contributed by atoms with Gasteiger partial charge in [0, 0.05) is 0 Å². The fraction of sp³-hybridized carbons (Fsp3) is 0.917. The first kappa shape index (κ1) is 10.4. The van der Waals surface area contributed by atoms with Crippen LogP contribution in [0.5, 0.6) is 0 Å². The van der Waals surface area contributed by atoms with Crippen LogP contribution >= 0.6 is 0 Å². The topological polar surface area (TPSA) is 38.8 Å². The molecule has 4 heteroatoms. The number of hydrogen-bond acceptors (Lipinski definition) is 3. The van der Waals surface area contributed by atoms with E-state index in [1.165, 1.54) is 0 Å². The van der Waals surface area contributed by atoms with Crippen molar-refractivity contribution in [1.82, 2.24) is 4.90 Å². The molecule has 2 heterocycles. The maximum absolute atomic E-state index is 12.0. The van der Waals surface area contributed by atoms with Crippen molar-refractivity contribution in [3.63, 3.8) is 0 Å². The summed E-state index contributed by atoms with van der Waals surface area (Å²) in [7, 11) is 0. The van der Waals surface area contributed by atoms with E-state index in [4.69, 9.17) is 9.47 Å². The molecule has 3 fully saturated rings. The number of amides is 1. The van der Waals surface area contributed by atoms with Gasteiger partial charge in [-0.05, 0) is 38.5 Å². The van der Waals surface area contributed by atoms with Gasteiger partial charge in [0.25, 0.3) is 0 Å². The van der Waals surface area contributed by atoms with E-state index in [2.05, 4.69) is 6.92 Å². The summed E-state index contributed by atoms with van der Waals surface area (Å²) in [5, 5.41) is 0. The summed E-state index contributed by atoms with van der Waals surface area (Å²) in [5.74, 6) is 0.651. The zero-order valence-electron chi connectivity index (χ0n) is 9.94. The summed E-state index contributed by atoms with van der Waals surface area (Å²) in [5.41, 5.74) is -0.181. The van der Waals surface area contributed by atoms with Gasteiger partial charge in [0.05, 0.1) is 12.6 Å². The Balaban J connectivity index is 1.68. The molecule has 3 aliphatic rings. The van der Waals surface area contributed by atoms with Crippen molar-refractivity contribution >= 4 is 6.09 Å². The minimum Gasteiger partial charge on any atom is -0.443 e. The van der Waals surface area contributed by atoms with Crippen LogP contribution in [0.2, 0.25) is 0 Å². The summed E-state index contributed by atoms with van der Waals surface area (Å²) in [6, 6.07) is 0.239. The average molecular weight is 225 g/mol. The number of fused-ring (bicyclic) bond motifs is 2. The first-order valence-electron chi connectivity index (χ1n) is 6.20. The average Bonchev–Trinajstić information content (AvgIpc) is 2.84. The SMILES string of the molecule is C[C@H]1CC2COC(C1)N2C(=O)OC1(C)CC1. The predicted molar refractivity (Wildman–Crippen MR) is 57.9 cm³/mol. The number of piperidine rings is 1. The highest BCUT2D eigenvalue weighted by Gasteiger charge is 2.48. The number of ether oxygens (including phenoxy) is 2. The fourth-order valence-corrected chi connectivity index (χ4v) is 2.69. The molecule has 0 aromatic carbocycles. The van der Waals surface area contributed by atoms with Crippen LogP contribution in [0.4, 0.5) is 4.79 Å². The largest absolute Gasteiger partial charge is 0.443 e. The van der Waals surface area contributed by atoms with Gasteiger partial charge in [0.2, 0.25) is 0 Å². The molecule has 0 spiro atoms. The zero-order chi connectivity index (χ0) is 11.3. The highest BCUT2D eigenvalue weighted by Crippen LogP contribution is 2.41. The standard InChI is InChI=1S/C12H19NO3/c1-8-5-9-7-15-10(6-8)13(9)11(14)16-12(2)3-4-12/h8-10H,3-7H2,1-2H3/t8-,9?,10?/m0/s1. The summed E-state index contributed by atoms with van der Waals surface area (Å²) in [6.07, 6.45) is 3.78. The van der Waals surface area contributed by atoms with Crippen molar-refractivity contribution in [2.24, 2.45) is 5.92 Å². The lowest BCUT2D eigenvalue weighted by Crippen LogP contribution is -2.48. The molecule has 1 amide bonds. The second-order valence-electron chi connectivity index (χ2n) is 5.74. The summed E-state index contributed by atoms with van der Waals surface area (Å²) in [6.45, 7) is 4.90. The summed E-state index contributed by atoms with van der Waals surface area (Å²) >= 11 is 0. The van der Waals surface area contributed by atoms with Crippen molar-refractivity contribution in [1.29, 1.82) is 0 Å². The molecule has 2 unspecified atom stereocenters. The van der Waals surface area contributed by atoms with Crippen molar-refractivity contribution in [3.05, 3.63) is 0 Å². The van der Waals surface area contributed by atoms with Crippen molar-refractivity contribution in [2.45, 2.75) is 57.4 Å². The Bertz CT molecular complexity index is 299. The predicted octanol–water partition coefficient (Wildman–Crippen LogP) is 2.13. The van der Waals surface area contributed by atoms with Crippen LogP contribution < -0.4 is 0 Å². The summed E-state index contributed by atoms with van der Waals surface area (Å²) in [4.78, 5) is 13.9. The molecule has 0 aromatic heterocycles. The van der Waals surface area contributed by atoms with Gasteiger partial charge >= 0.3 is 6.09 Å². The summed E-state index contributed by atoms with van der Waals surface area (Å²) < 4.78 is 11.2. The fourth-order valence-electron chi connectivity index (χ4n) is 2.69. The lowest BCUT2D eigenvalue weighted by Gasteiger charge is -2.35. The van der Waals surface area contributed by atoms with Gasteiger partial charge in [-0.1, -0.05) is 6.92 Å². The Labute approximate surface area is 95.9 Å². The molecule has 1 aliphatic carbocycles. The number of carbonyl (C=O) groups excluding carboxylic acids is 1. The van der Waals surface area contributed by atoms with E-state index in [0.717, 1.165) is 25.7 Å². The lowest BCUT2D eigenvalue weighted by molar-refractivity contribution is -0.0188. The Hall–Kier alpha value is -0.770. The van der Waals surface area contributed by atoms with Crippen LogP contribution in [0, 0.1) is 5.92 Å². The first-order chi connectivity index (χ1) is 7.57. The van der Waals surface area contributed by atoms with Crippen LogP contribution in [0.1, 0.15) is 39.5 Å². The second kappa shape index (κ2) is 3.36. The van der Waals surface area contributed by atoms with Gasteiger partial charge < -0.3 is 9.47 Å². The normalized spacial score (nSPS) is 39.6. The van der Waals surface area contributed by atoms with E-state index in [1.807, 2.05) is 11.8 Å². The van der Waals surface area contributed by atoms with Gasteiger partial charge in [-0.2, -0.15) is 0 Å². The third kappa shape index (κ3) is 1.69. The Morgan fingerprint density at radius 2 is 2.19 bits per heavy atom. The monoisotopic (exact) mass is 225 g/mol. The minimum atomic E-state index is -0.181. The zero-order valence-corrected chi connectivity index (χ0v) is 9.94.